The fourth-order valence-corrected chi connectivity index (χ4v) is 3.97. The third-order valence-corrected chi connectivity index (χ3v) is 6.00. The molecular formula is C20H23ClF3N3O3S. The number of nitrogens with zero attached hydrogens (tertiary/aromatic N) is 1. The lowest BCUT2D eigenvalue weighted by Crippen LogP contribution is -2.30. The number of sulfonamides is 1. The summed E-state index contributed by atoms with van der Waals surface area (Å²) in [6, 6.07) is 10.00. The molecule has 0 aliphatic heterocycles. The van der Waals surface area contributed by atoms with Crippen molar-refractivity contribution in [3.05, 3.63) is 64.2 Å². The fourth-order valence-electron chi connectivity index (χ4n) is 2.69. The molecule has 170 valence electrons. The van der Waals surface area contributed by atoms with Crippen molar-refractivity contribution >= 4 is 27.5 Å². The van der Waals surface area contributed by atoms with Gasteiger partial charge >= 0.3 is 6.18 Å². The van der Waals surface area contributed by atoms with Crippen molar-refractivity contribution in [2.75, 3.05) is 20.6 Å². The van der Waals surface area contributed by atoms with Gasteiger partial charge in [0.05, 0.1) is 15.5 Å². The van der Waals surface area contributed by atoms with E-state index in [1.807, 2.05) is 43.3 Å². The van der Waals surface area contributed by atoms with E-state index in [1.54, 1.807) is 0 Å². The molecular weight excluding hydrogens is 455 g/mol. The Balaban J connectivity index is 1.86. The van der Waals surface area contributed by atoms with Gasteiger partial charge in [-0.05, 0) is 43.4 Å². The fraction of sp³-hybridized carbons (Fsp3) is 0.350. The molecule has 0 aromatic heterocycles. The first kappa shape index (κ1) is 25.1. The quantitative estimate of drug-likeness (QED) is 0.580. The van der Waals surface area contributed by atoms with Crippen LogP contribution in [0.2, 0.25) is 5.02 Å². The number of hydrogen-bond donors (Lipinski definition) is 2. The highest BCUT2D eigenvalue weighted by molar-refractivity contribution is 7.89. The Hall–Kier alpha value is -2.14. The zero-order valence-corrected chi connectivity index (χ0v) is 18.5. The Morgan fingerprint density at radius 3 is 2.26 bits per heavy atom. The molecule has 0 bridgehead atoms. The normalized spacial score (nSPS) is 12.2. The monoisotopic (exact) mass is 477 g/mol. The van der Waals surface area contributed by atoms with Gasteiger partial charge in [-0.15, -0.1) is 0 Å². The summed E-state index contributed by atoms with van der Waals surface area (Å²) < 4.78 is 65.4. The number of carbonyl (C=O) groups excluding carboxylic acids is 1. The molecule has 1 amide bonds. The lowest BCUT2D eigenvalue weighted by molar-refractivity contribution is -0.137. The number of nitrogens with one attached hydrogen (secondary N) is 2. The van der Waals surface area contributed by atoms with Crippen molar-refractivity contribution in [3.63, 3.8) is 0 Å². The number of halogens is 4. The molecule has 0 saturated heterocycles. The zero-order valence-electron chi connectivity index (χ0n) is 17.0. The van der Waals surface area contributed by atoms with Crippen LogP contribution in [0.3, 0.4) is 0 Å². The van der Waals surface area contributed by atoms with Gasteiger partial charge in [-0.2, -0.15) is 13.2 Å². The molecule has 6 nitrogen and oxygen atoms in total. The molecule has 2 aromatic carbocycles. The SMILES string of the molecule is CN(C)Cc1ccc(CNC(=O)CCNS(=O)(=O)c2ccc(Cl)c(C(F)(F)F)c2)cc1. The molecule has 0 aliphatic carbocycles. The third kappa shape index (κ3) is 7.80. The molecule has 0 atom stereocenters. The Labute approximate surface area is 184 Å². The molecule has 31 heavy (non-hydrogen) atoms. The molecule has 0 aliphatic rings. The van der Waals surface area contributed by atoms with Crippen LogP contribution in [0.5, 0.6) is 0 Å². The van der Waals surface area contributed by atoms with Gasteiger partial charge in [0.25, 0.3) is 0 Å². The predicted octanol–water partition coefficient (Wildman–Crippen LogP) is 3.41. The molecule has 0 fully saturated rings. The highest BCUT2D eigenvalue weighted by Crippen LogP contribution is 2.35. The maximum Gasteiger partial charge on any atom is 0.417 e. The van der Waals surface area contributed by atoms with Crippen molar-refractivity contribution < 1.29 is 26.4 Å². The van der Waals surface area contributed by atoms with Crippen molar-refractivity contribution in [2.24, 2.45) is 0 Å². The molecule has 2 aromatic rings. The number of carbonyl (C=O) groups is 1. The van der Waals surface area contributed by atoms with Crippen LogP contribution in [0, 0.1) is 0 Å². The largest absolute Gasteiger partial charge is 0.417 e. The van der Waals surface area contributed by atoms with E-state index in [0.29, 0.717) is 6.07 Å². The van der Waals surface area contributed by atoms with Crippen molar-refractivity contribution in [2.45, 2.75) is 30.6 Å². The first-order valence-corrected chi connectivity index (χ1v) is 11.1. The number of benzene rings is 2. The van der Waals surface area contributed by atoms with E-state index in [9.17, 15) is 26.4 Å². The Kier molecular flexibility index (Phi) is 8.47. The average Bonchev–Trinajstić information content (AvgIpc) is 2.66. The molecule has 0 spiro atoms. The van der Waals surface area contributed by atoms with Gasteiger partial charge in [0.1, 0.15) is 0 Å². The highest BCUT2D eigenvalue weighted by Gasteiger charge is 2.34. The summed E-state index contributed by atoms with van der Waals surface area (Å²) in [6.07, 6.45) is -4.95. The first-order chi connectivity index (χ1) is 14.4. The Morgan fingerprint density at radius 1 is 1.06 bits per heavy atom. The van der Waals surface area contributed by atoms with Crippen molar-refractivity contribution in [3.8, 4) is 0 Å². The van der Waals surface area contributed by atoms with Crippen LogP contribution in [0.25, 0.3) is 0 Å². The lowest BCUT2D eigenvalue weighted by atomic mass is 10.1. The number of hydrogen-bond acceptors (Lipinski definition) is 4. The van der Waals surface area contributed by atoms with Crippen LogP contribution in [0.15, 0.2) is 47.4 Å². The summed E-state index contributed by atoms with van der Waals surface area (Å²) >= 11 is 5.50. The molecule has 0 saturated carbocycles. The van der Waals surface area contributed by atoms with Gasteiger partial charge in [-0.1, -0.05) is 35.9 Å². The zero-order chi connectivity index (χ0) is 23.2. The summed E-state index contributed by atoms with van der Waals surface area (Å²) in [7, 11) is -0.304. The van der Waals surface area contributed by atoms with Gasteiger partial charge in [0.2, 0.25) is 15.9 Å². The third-order valence-electron chi connectivity index (χ3n) is 4.21. The molecule has 2 rings (SSSR count). The smallest absolute Gasteiger partial charge is 0.352 e. The second kappa shape index (κ2) is 10.4. The van der Waals surface area contributed by atoms with Gasteiger partial charge in [0, 0.05) is 26.1 Å². The van der Waals surface area contributed by atoms with Crippen LogP contribution < -0.4 is 10.0 Å². The maximum atomic E-state index is 12.9. The molecule has 0 radical (unpaired) electrons. The first-order valence-electron chi connectivity index (χ1n) is 9.24. The van der Waals surface area contributed by atoms with Crippen LogP contribution in [-0.2, 0) is 34.1 Å². The Bertz CT molecular complexity index is 1010. The minimum Gasteiger partial charge on any atom is -0.352 e. The minimum atomic E-state index is -4.78. The summed E-state index contributed by atoms with van der Waals surface area (Å²) in [5, 5.41) is 2.07. The van der Waals surface area contributed by atoms with Crippen LogP contribution in [0.1, 0.15) is 23.1 Å². The summed E-state index contributed by atoms with van der Waals surface area (Å²) in [4.78, 5) is 13.4. The van der Waals surface area contributed by atoms with Crippen LogP contribution >= 0.6 is 11.6 Å². The summed E-state index contributed by atoms with van der Waals surface area (Å²) in [5.41, 5.74) is 0.772. The van der Waals surface area contributed by atoms with E-state index in [1.165, 1.54) is 0 Å². The topological polar surface area (TPSA) is 78.5 Å². The van der Waals surface area contributed by atoms with E-state index < -0.39 is 37.6 Å². The van der Waals surface area contributed by atoms with Crippen molar-refractivity contribution in [1.82, 2.24) is 14.9 Å². The van der Waals surface area contributed by atoms with Crippen molar-refractivity contribution in [1.29, 1.82) is 0 Å². The second-order valence-electron chi connectivity index (χ2n) is 7.12. The van der Waals surface area contributed by atoms with Gasteiger partial charge in [-0.25, -0.2) is 13.1 Å². The summed E-state index contributed by atoms with van der Waals surface area (Å²) in [6.45, 7) is 0.810. The number of rotatable bonds is 9. The highest BCUT2D eigenvalue weighted by atomic mass is 35.5. The minimum absolute atomic E-state index is 0.169. The van der Waals surface area contributed by atoms with Gasteiger partial charge in [-0.3, -0.25) is 4.79 Å². The van der Waals surface area contributed by atoms with E-state index >= 15 is 0 Å². The average molecular weight is 478 g/mol. The maximum absolute atomic E-state index is 12.9. The second-order valence-corrected chi connectivity index (χ2v) is 9.29. The van der Waals surface area contributed by atoms with Crippen LogP contribution in [0.4, 0.5) is 13.2 Å². The molecule has 2 N–H and O–H groups in total. The van der Waals surface area contributed by atoms with E-state index in [0.717, 1.165) is 29.8 Å². The molecule has 0 heterocycles. The van der Waals surface area contributed by atoms with Gasteiger partial charge < -0.3 is 10.2 Å². The van der Waals surface area contributed by atoms with Crippen LogP contribution in [-0.4, -0.2) is 39.9 Å². The van der Waals surface area contributed by atoms with E-state index in [4.69, 9.17) is 11.6 Å². The van der Waals surface area contributed by atoms with E-state index in [-0.39, 0.29) is 19.5 Å². The molecule has 0 unspecified atom stereocenters. The van der Waals surface area contributed by atoms with E-state index in [2.05, 4.69) is 10.0 Å². The standard InChI is InChI=1S/C20H23ClF3N3O3S/c1-27(2)13-15-5-3-14(4-6-15)12-25-19(28)9-10-26-31(29,30)16-7-8-18(21)17(11-16)20(22,23)24/h3-8,11,26H,9-10,12-13H2,1-2H3,(H,25,28). The number of amides is 1. The predicted molar refractivity (Wildman–Crippen MR) is 112 cm³/mol. The Morgan fingerprint density at radius 2 is 1.68 bits per heavy atom. The molecule has 11 heteroatoms. The summed E-state index contributed by atoms with van der Waals surface area (Å²) in [5.74, 6) is -0.396. The lowest BCUT2D eigenvalue weighted by Gasteiger charge is -2.12. The van der Waals surface area contributed by atoms with Gasteiger partial charge in [0.15, 0.2) is 0 Å². The number of alkyl halides is 3.